The fourth-order valence-corrected chi connectivity index (χ4v) is 3.48. The van der Waals surface area contributed by atoms with Gasteiger partial charge in [0.05, 0.1) is 0 Å². The normalized spacial score (nSPS) is 10.9. The Morgan fingerprint density at radius 2 is 0.708 bits per heavy atom. The van der Waals surface area contributed by atoms with E-state index in [1.807, 2.05) is 0 Å². The van der Waals surface area contributed by atoms with E-state index in [1.54, 1.807) is 0 Å². The number of hydrogen-bond acceptors (Lipinski definition) is 0. The van der Waals surface area contributed by atoms with Crippen LogP contribution in [0, 0.1) is 5.92 Å². The van der Waals surface area contributed by atoms with Crippen molar-refractivity contribution in [3.63, 3.8) is 0 Å². The van der Waals surface area contributed by atoms with Crippen molar-refractivity contribution in [1.82, 2.24) is 0 Å². The van der Waals surface area contributed by atoms with E-state index in [1.165, 1.54) is 109 Å². The van der Waals surface area contributed by atoms with E-state index in [9.17, 15) is 0 Å². The monoisotopic (exact) mass is 332 g/mol. The zero-order valence-electron chi connectivity index (χ0n) is 16.5. The molecule has 0 N–H and O–H groups in total. The van der Waals surface area contributed by atoms with Crippen LogP contribution in [0.5, 0.6) is 0 Å². The molecule has 0 saturated heterocycles. The van der Waals surface area contributed by atoms with Crippen molar-refractivity contribution in [1.29, 1.82) is 0 Å². The Labute approximate surface area is 153 Å². The van der Waals surface area contributed by atoms with E-state index in [-0.39, 0.29) is 0 Å². The third kappa shape index (κ3) is 17.6. The molecule has 0 unspecified atom stereocenters. The molecule has 0 rings (SSSR count). The molecule has 0 aliphatic heterocycles. The van der Waals surface area contributed by atoms with Gasteiger partial charge in [-0.1, -0.05) is 88.9 Å². The van der Waals surface area contributed by atoms with E-state index in [2.05, 4.69) is 38.0 Å². The Balaban J connectivity index is 3.79. The van der Waals surface area contributed by atoms with Crippen molar-refractivity contribution in [2.24, 2.45) is 5.92 Å². The molecule has 0 radical (unpaired) electrons. The summed E-state index contributed by atoms with van der Waals surface area (Å²) in [5.74, 6) is 0.979. The third-order valence-corrected chi connectivity index (χ3v) is 5.06. The summed E-state index contributed by atoms with van der Waals surface area (Å²) in [5, 5.41) is 0. The lowest BCUT2D eigenvalue weighted by Crippen LogP contribution is -2.01. The quantitative estimate of drug-likeness (QED) is 0.154. The molecule has 0 atom stereocenters. The van der Waals surface area contributed by atoms with Gasteiger partial charge in [-0.25, -0.2) is 0 Å². The van der Waals surface area contributed by atoms with Crippen LogP contribution in [-0.2, 0) is 0 Å². The zero-order chi connectivity index (χ0) is 17.7. The summed E-state index contributed by atoms with van der Waals surface area (Å²) in [6.45, 7) is 11.4. The summed E-state index contributed by atoms with van der Waals surface area (Å²) in [7, 11) is 0. The van der Waals surface area contributed by atoms with Crippen LogP contribution in [0.15, 0.2) is 38.0 Å². The van der Waals surface area contributed by atoms with Gasteiger partial charge >= 0.3 is 0 Å². The SMILES string of the molecule is C=CCCCCCCC(CCCCCC=C)CCCCCCC=C. The number of unbranched alkanes of at least 4 members (excludes halogenated alkanes) is 11. The van der Waals surface area contributed by atoms with Crippen molar-refractivity contribution >= 4 is 0 Å². The molecule has 0 aliphatic carbocycles. The molecule has 0 nitrogen and oxygen atoms in total. The molecular formula is C24H44. The number of allylic oxidation sites excluding steroid dienone is 3. The van der Waals surface area contributed by atoms with Gasteiger partial charge < -0.3 is 0 Å². The largest absolute Gasteiger partial charge is 0.103 e. The molecule has 0 heteroatoms. The van der Waals surface area contributed by atoms with Crippen molar-refractivity contribution in [3.05, 3.63) is 38.0 Å². The first-order valence-electron chi connectivity index (χ1n) is 10.7. The van der Waals surface area contributed by atoms with Gasteiger partial charge in [0, 0.05) is 0 Å². The Morgan fingerprint density at radius 1 is 0.417 bits per heavy atom. The summed E-state index contributed by atoms with van der Waals surface area (Å²) in [6, 6.07) is 0. The van der Waals surface area contributed by atoms with Crippen molar-refractivity contribution < 1.29 is 0 Å². The Morgan fingerprint density at radius 3 is 1.04 bits per heavy atom. The number of hydrogen-bond donors (Lipinski definition) is 0. The molecule has 0 fully saturated rings. The van der Waals surface area contributed by atoms with E-state index in [0.717, 1.165) is 5.92 Å². The Hall–Kier alpha value is -0.780. The molecule has 0 saturated carbocycles. The molecule has 0 spiro atoms. The van der Waals surface area contributed by atoms with Crippen molar-refractivity contribution in [3.8, 4) is 0 Å². The highest BCUT2D eigenvalue weighted by atomic mass is 14.1. The highest BCUT2D eigenvalue weighted by Crippen LogP contribution is 2.24. The lowest BCUT2D eigenvalue weighted by molar-refractivity contribution is 0.368. The highest BCUT2D eigenvalue weighted by Gasteiger charge is 2.08. The van der Waals surface area contributed by atoms with Crippen molar-refractivity contribution in [2.45, 2.75) is 109 Å². The van der Waals surface area contributed by atoms with Gasteiger partial charge in [-0.3, -0.25) is 0 Å². The molecular weight excluding hydrogens is 288 g/mol. The second-order valence-electron chi connectivity index (χ2n) is 7.35. The fourth-order valence-electron chi connectivity index (χ4n) is 3.48. The van der Waals surface area contributed by atoms with Crippen LogP contribution in [0.4, 0.5) is 0 Å². The van der Waals surface area contributed by atoms with E-state index in [0.29, 0.717) is 0 Å². The Bertz CT molecular complexity index is 256. The predicted molar refractivity (Wildman–Crippen MR) is 113 cm³/mol. The van der Waals surface area contributed by atoms with Gasteiger partial charge in [0.1, 0.15) is 0 Å². The smallest absolute Gasteiger partial charge is 0.0353 e. The summed E-state index contributed by atoms with van der Waals surface area (Å²) in [5.41, 5.74) is 0. The molecule has 0 aliphatic rings. The van der Waals surface area contributed by atoms with Crippen LogP contribution >= 0.6 is 0 Å². The van der Waals surface area contributed by atoms with Gasteiger partial charge in [0.25, 0.3) is 0 Å². The van der Waals surface area contributed by atoms with Crippen LogP contribution in [0.25, 0.3) is 0 Å². The molecule has 0 amide bonds. The van der Waals surface area contributed by atoms with Crippen LogP contribution in [0.1, 0.15) is 109 Å². The molecule has 0 aromatic rings. The topological polar surface area (TPSA) is 0 Å². The van der Waals surface area contributed by atoms with Gasteiger partial charge in [0.2, 0.25) is 0 Å². The first-order valence-corrected chi connectivity index (χ1v) is 10.7. The van der Waals surface area contributed by atoms with Crippen LogP contribution < -0.4 is 0 Å². The van der Waals surface area contributed by atoms with Crippen LogP contribution in [-0.4, -0.2) is 0 Å². The molecule has 0 heterocycles. The third-order valence-electron chi connectivity index (χ3n) is 5.06. The van der Waals surface area contributed by atoms with Gasteiger partial charge in [-0.05, 0) is 44.4 Å². The van der Waals surface area contributed by atoms with Crippen molar-refractivity contribution in [2.75, 3.05) is 0 Å². The zero-order valence-corrected chi connectivity index (χ0v) is 16.5. The maximum Gasteiger partial charge on any atom is -0.0353 e. The first kappa shape index (κ1) is 23.2. The maximum atomic E-state index is 3.82. The standard InChI is InChI=1S/C24H44/c1-4-7-10-13-16-19-22-24(21-18-15-12-9-6-3)23-20-17-14-11-8-5-2/h4-6,24H,1-3,7-23H2. The number of rotatable bonds is 20. The Kier molecular flexibility index (Phi) is 19.6. The summed E-state index contributed by atoms with van der Waals surface area (Å²) in [4.78, 5) is 0. The van der Waals surface area contributed by atoms with E-state index < -0.39 is 0 Å². The predicted octanol–water partition coefficient (Wildman–Crippen LogP) is 8.79. The van der Waals surface area contributed by atoms with E-state index >= 15 is 0 Å². The lowest BCUT2D eigenvalue weighted by atomic mass is 9.89. The molecule has 24 heavy (non-hydrogen) atoms. The van der Waals surface area contributed by atoms with Crippen LogP contribution in [0.3, 0.4) is 0 Å². The molecule has 140 valence electrons. The van der Waals surface area contributed by atoms with Gasteiger partial charge in [-0.15, -0.1) is 19.7 Å². The first-order chi connectivity index (χ1) is 11.8. The summed E-state index contributed by atoms with van der Waals surface area (Å²) in [6.07, 6.45) is 29.4. The molecule has 0 aromatic heterocycles. The van der Waals surface area contributed by atoms with Crippen LogP contribution in [0.2, 0.25) is 0 Å². The van der Waals surface area contributed by atoms with Gasteiger partial charge in [-0.2, -0.15) is 0 Å². The average Bonchev–Trinajstić information content (AvgIpc) is 2.60. The van der Waals surface area contributed by atoms with Gasteiger partial charge in [0.15, 0.2) is 0 Å². The minimum absolute atomic E-state index is 0.979. The molecule has 0 bridgehead atoms. The minimum Gasteiger partial charge on any atom is -0.103 e. The minimum atomic E-state index is 0.979. The average molecular weight is 333 g/mol. The van der Waals surface area contributed by atoms with E-state index in [4.69, 9.17) is 0 Å². The highest BCUT2D eigenvalue weighted by molar-refractivity contribution is 4.68. The maximum absolute atomic E-state index is 3.82. The lowest BCUT2D eigenvalue weighted by Gasteiger charge is -2.17. The fraction of sp³-hybridized carbons (Fsp3) is 0.750. The summed E-state index contributed by atoms with van der Waals surface area (Å²) >= 11 is 0. The second kappa shape index (κ2) is 20.3. The summed E-state index contributed by atoms with van der Waals surface area (Å²) < 4.78 is 0. The second-order valence-corrected chi connectivity index (χ2v) is 7.35. The molecule has 0 aromatic carbocycles.